The molecule has 18 unspecified atom stereocenters. The lowest BCUT2D eigenvalue weighted by molar-refractivity contribution is -0.386. The predicted octanol–water partition coefficient (Wildman–Crippen LogP) is 11.2. The van der Waals surface area contributed by atoms with Gasteiger partial charge >= 0.3 is 5.97 Å². The maximum Gasteiger partial charge on any atom is 0.364 e. The zero-order valence-corrected chi connectivity index (χ0v) is 63.7. The number of carboxylic acids is 1. The lowest BCUT2D eigenvalue weighted by Crippen LogP contribution is -2.70. The molecular formula is C79H150N2O21. The van der Waals surface area contributed by atoms with Gasteiger partial charge in [-0.2, -0.15) is 0 Å². The van der Waals surface area contributed by atoms with Crippen molar-refractivity contribution in [3.05, 3.63) is 0 Å². The van der Waals surface area contributed by atoms with E-state index in [0.29, 0.717) is 19.3 Å². The number of carbonyl (C=O) groups is 3. The van der Waals surface area contributed by atoms with E-state index in [1.54, 1.807) is 0 Å². The Hall–Kier alpha value is -2.27. The highest BCUT2D eigenvalue weighted by Gasteiger charge is 2.60. The molecule has 3 fully saturated rings. The third-order valence-corrected chi connectivity index (χ3v) is 21.3. The summed E-state index contributed by atoms with van der Waals surface area (Å²) < 4.78 is 35.0. The zero-order chi connectivity index (χ0) is 74.6. The Bertz CT molecular complexity index is 2040. The first-order valence-electron chi connectivity index (χ1n) is 41.4. The second-order valence-electron chi connectivity index (χ2n) is 30.4. The van der Waals surface area contributed by atoms with E-state index >= 15 is 0 Å². The highest BCUT2D eigenvalue weighted by Crippen LogP contribution is 2.39. The van der Waals surface area contributed by atoms with Gasteiger partial charge in [-0.15, -0.1) is 0 Å². The van der Waals surface area contributed by atoms with E-state index in [-0.39, 0.29) is 18.9 Å². The molecule has 3 saturated heterocycles. The van der Waals surface area contributed by atoms with Crippen molar-refractivity contribution in [1.29, 1.82) is 0 Å². The van der Waals surface area contributed by atoms with Crippen LogP contribution in [0.5, 0.6) is 0 Å². The van der Waals surface area contributed by atoms with Gasteiger partial charge in [-0.3, -0.25) is 9.59 Å². The van der Waals surface area contributed by atoms with Crippen LogP contribution in [0.4, 0.5) is 0 Å². The summed E-state index contributed by atoms with van der Waals surface area (Å²) in [6.45, 7) is 2.27. The van der Waals surface area contributed by atoms with E-state index in [1.165, 1.54) is 250 Å². The molecule has 0 aromatic rings. The molecule has 23 nitrogen and oxygen atoms in total. The average molecular weight is 1460 g/mol. The van der Waals surface area contributed by atoms with E-state index in [1.807, 2.05) is 0 Å². The molecule has 602 valence electrons. The van der Waals surface area contributed by atoms with E-state index < -0.39 is 148 Å². The van der Waals surface area contributed by atoms with Gasteiger partial charge in [0, 0.05) is 19.8 Å². The molecule has 3 heterocycles. The number of nitrogens with one attached hydrogen (secondary N) is 2. The van der Waals surface area contributed by atoms with Crippen LogP contribution in [-0.4, -0.2) is 215 Å². The van der Waals surface area contributed by atoms with Crippen molar-refractivity contribution in [2.24, 2.45) is 0 Å². The third-order valence-electron chi connectivity index (χ3n) is 21.3. The fourth-order valence-corrected chi connectivity index (χ4v) is 14.8. The van der Waals surface area contributed by atoms with Crippen LogP contribution in [-0.2, 0) is 42.8 Å². The van der Waals surface area contributed by atoms with Gasteiger partial charge in [0.25, 0.3) is 5.79 Å². The van der Waals surface area contributed by atoms with Crippen LogP contribution in [0.15, 0.2) is 0 Å². The number of hydrogen-bond donors (Lipinski definition) is 14. The fraction of sp³-hybridized carbons (Fsp3) is 0.962. The molecule has 2 amide bonds. The highest BCUT2D eigenvalue weighted by atomic mass is 16.8. The number of unbranched alkanes of at least 4 members (excludes halogenated alkanes) is 46. The summed E-state index contributed by atoms with van der Waals surface area (Å²) in [7, 11) is 0. The van der Waals surface area contributed by atoms with Gasteiger partial charge in [-0.25, -0.2) is 4.79 Å². The number of rotatable bonds is 66. The zero-order valence-electron chi connectivity index (χ0n) is 63.7. The maximum absolute atomic E-state index is 13.6. The molecule has 3 rings (SSSR count). The van der Waals surface area contributed by atoms with Gasteiger partial charge in [0.1, 0.15) is 67.1 Å². The van der Waals surface area contributed by atoms with Crippen molar-refractivity contribution >= 4 is 17.8 Å². The van der Waals surface area contributed by atoms with E-state index in [0.717, 1.165) is 51.9 Å². The summed E-state index contributed by atoms with van der Waals surface area (Å²) in [6.07, 6.45) is 32.5. The Kier molecular flexibility index (Phi) is 54.1. The lowest BCUT2D eigenvalue weighted by atomic mass is 9.88. The highest BCUT2D eigenvalue weighted by molar-refractivity contribution is 5.77. The number of aliphatic carboxylic acids is 1. The number of carbonyl (C=O) groups excluding carboxylic acids is 2. The summed E-state index contributed by atoms with van der Waals surface area (Å²) in [5.41, 5.74) is 0. The maximum atomic E-state index is 13.6. The molecule has 23 heteroatoms. The van der Waals surface area contributed by atoms with Gasteiger partial charge in [0.15, 0.2) is 12.6 Å². The Morgan fingerprint density at radius 1 is 0.471 bits per heavy atom. The number of aliphatic hydroxyl groups excluding tert-OH is 11. The summed E-state index contributed by atoms with van der Waals surface area (Å²) in [5, 5.41) is 137. The fourth-order valence-electron chi connectivity index (χ4n) is 14.8. The molecule has 14 N–H and O–H groups in total. The number of hydrogen-bond acceptors (Lipinski definition) is 20. The largest absolute Gasteiger partial charge is 0.477 e. The number of carboxylic acid groups (broad SMARTS) is 1. The summed E-state index contributed by atoms with van der Waals surface area (Å²) in [4.78, 5) is 38.7. The molecule has 0 aromatic carbocycles. The molecule has 3 aliphatic rings. The van der Waals surface area contributed by atoms with E-state index in [2.05, 4.69) is 24.5 Å². The van der Waals surface area contributed by atoms with Crippen molar-refractivity contribution in [2.75, 3.05) is 26.4 Å². The molecule has 0 spiro atoms. The van der Waals surface area contributed by atoms with Crippen LogP contribution in [0.1, 0.15) is 348 Å². The Morgan fingerprint density at radius 3 is 1.23 bits per heavy atom. The van der Waals surface area contributed by atoms with Crippen LogP contribution in [0.3, 0.4) is 0 Å². The number of aliphatic hydroxyl groups is 11. The van der Waals surface area contributed by atoms with Gasteiger partial charge in [-0.1, -0.05) is 316 Å². The summed E-state index contributed by atoms with van der Waals surface area (Å²) in [5.74, 6) is -6.09. The average Bonchev–Trinajstić information content (AvgIpc) is 0.756. The molecule has 0 aliphatic carbocycles. The summed E-state index contributed by atoms with van der Waals surface area (Å²) >= 11 is 0. The Balaban J connectivity index is 1.46. The van der Waals surface area contributed by atoms with Gasteiger partial charge in [0.05, 0.1) is 50.7 Å². The van der Waals surface area contributed by atoms with Crippen molar-refractivity contribution in [3.63, 3.8) is 0 Å². The first-order valence-corrected chi connectivity index (χ1v) is 41.4. The molecular weight excluding hydrogens is 1310 g/mol. The normalized spacial score (nSPS) is 26.6. The van der Waals surface area contributed by atoms with Crippen LogP contribution < -0.4 is 10.6 Å². The monoisotopic (exact) mass is 1460 g/mol. The van der Waals surface area contributed by atoms with E-state index in [9.17, 15) is 75.7 Å². The second-order valence-corrected chi connectivity index (χ2v) is 30.4. The van der Waals surface area contributed by atoms with Crippen molar-refractivity contribution < 1.29 is 104 Å². The predicted molar refractivity (Wildman–Crippen MR) is 394 cm³/mol. The first-order chi connectivity index (χ1) is 49.4. The van der Waals surface area contributed by atoms with Gasteiger partial charge in [0.2, 0.25) is 11.8 Å². The quantitative estimate of drug-likeness (QED) is 0.0252. The molecule has 0 radical (unpaired) electrons. The minimum Gasteiger partial charge on any atom is -0.477 e. The Labute approximate surface area is 614 Å². The molecule has 18 atom stereocenters. The van der Waals surface area contributed by atoms with Crippen LogP contribution in [0.25, 0.3) is 0 Å². The van der Waals surface area contributed by atoms with Crippen molar-refractivity contribution in [1.82, 2.24) is 10.6 Å². The Morgan fingerprint density at radius 2 is 0.853 bits per heavy atom. The SMILES string of the molecule is CCCCCCCCCCCCCCCCCCCCCCCCCCCCCCCCCC(=O)NC(COC1OC(CO)C(OC2OC(CO)C(O)C(OC3(C(=O)O)CC(O)C(NC(C)=O)C(C(O)C(O)CO)O3)C2O)C(O)C1O)C(O)CCCCCCCCCCCCCCCCCCC. The molecule has 3 aliphatic heterocycles. The number of ether oxygens (including phenoxy) is 6. The molecule has 102 heavy (non-hydrogen) atoms. The standard InChI is InChI=1S/C79H150N2O21/c1-4-6-8-10-12-14-16-18-20-22-23-24-25-26-27-28-29-30-31-32-33-34-35-37-39-41-43-45-47-49-51-53-66(89)81-60(61(86)52-50-48-46-44-42-40-38-36-21-19-17-15-13-11-9-7-5-2)58-97-76-71(93)70(92)73(65(57-84)99-76)100-77-72(94)75(69(91)64(56-83)98-77)102-79(78(95)96)54-62(87)67(80-59(3)85)74(101-79)68(90)63(88)55-82/h60-65,67-77,82-84,86-88,90-94H,4-58H2,1-3H3,(H,80,85)(H,81,89)(H,95,96). The van der Waals surface area contributed by atoms with Gasteiger partial charge in [-0.05, 0) is 12.8 Å². The molecule has 0 aromatic heterocycles. The number of amides is 2. The van der Waals surface area contributed by atoms with Crippen molar-refractivity contribution in [3.8, 4) is 0 Å². The van der Waals surface area contributed by atoms with Crippen LogP contribution in [0.2, 0.25) is 0 Å². The van der Waals surface area contributed by atoms with Crippen LogP contribution >= 0.6 is 0 Å². The van der Waals surface area contributed by atoms with Crippen LogP contribution in [0, 0.1) is 0 Å². The van der Waals surface area contributed by atoms with Gasteiger partial charge < -0.3 is 100 Å². The minimum absolute atomic E-state index is 0.230. The smallest absolute Gasteiger partial charge is 0.364 e. The first kappa shape index (κ1) is 93.9. The summed E-state index contributed by atoms with van der Waals surface area (Å²) in [6, 6.07) is -2.53. The lowest BCUT2D eigenvalue weighted by Gasteiger charge is -2.50. The second kappa shape index (κ2) is 58.7. The topological polar surface area (TPSA) is 373 Å². The molecule has 0 saturated carbocycles. The minimum atomic E-state index is -3.08. The third kappa shape index (κ3) is 38.7. The van der Waals surface area contributed by atoms with E-state index in [4.69, 9.17) is 28.4 Å². The molecule has 0 bridgehead atoms. The van der Waals surface area contributed by atoms with Crippen molar-refractivity contribution in [2.45, 2.75) is 458 Å².